The first-order valence-electron chi connectivity index (χ1n) is 5.77. The highest BCUT2D eigenvalue weighted by atomic mass is 32.2. The van der Waals surface area contributed by atoms with Crippen molar-refractivity contribution < 1.29 is 8.42 Å². The number of nitrogens with one attached hydrogen (secondary N) is 2. The van der Waals surface area contributed by atoms with Crippen molar-refractivity contribution in [3.05, 3.63) is 0 Å². The minimum atomic E-state index is -3.04. The molecule has 2 N–H and O–H groups in total. The number of hydrogen-bond acceptors (Lipinski definition) is 4. The lowest BCUT2D eigenvalue weighted by molar-refractivity contribution is 0.169. The molecule has 0 aromatic rings. The molecule has 1 aliphatic rings. The molecule has 1 fully saturated rings. The first-order chi connectivity index (χ1) is 7.38. The summed E-state index contributed by atoms with van der Waals surface area (Å²) in [4.78, 5) is 2.35. The van der Waals surface area contributed by atoms with Crippen LogP contribution < -0.4 is 10.0 Å². The van der Waals surface area contributed by atoms with E-state index in [1.807, 2.05) is 0 Å². The van der Waals surface area contributed by atoms with Crippen molar-refractivity contribution in [1.82, 2.24) is 14.9 Å². The summed E-state index contributed by atoms with van der Waals surface area (Å²) in [6, 6.07) is 1.13. The minimum absolute atomic E-state index is 0.472. The summed E-state index contributed by atoms with van der Waals surface area (Å²) in [5.74, 6) is 0. The molecule has 2 atom stereocenters. The summed E-state index contributed by atoms with van der Waals surface area (Å²) in [7, 11) is -0.900. The molecular weight excluding hydrogens is 226 g/mol. The van der Waals surface area contributed by atoms with Crippen LogP contribution in [0.5, 0.6) is 0 Å². The van der Waals surface area contributed by atoms with E-state index in [2.05, 4.69) is 28.9 Å². The van der Waals surface area contributed by atoms with E-state index in [1.165, 1.54) is 6.26 Å². The van der Waals surface area contributed by atoms with E-state index in [4.69, 9.17) is 0 Å². The topological polar surface area (TPSA) is 61.4 Å². The molecule has 2 unspecified atom stereocenters. The minimum Gasteiger partial charge on any atom is -0.313 e. The van der Waals surface area contributed by atoms with E-state index in [1.54, 1.807) is 0 Å². The van der Waals surface area contributed by atoms with E-state index in [9.17, 15) is 8.42 Å². The molecule has 0 aliphatic carbocycles. The van der Waals surface area contributed by atoms with Crippen molar-refractivity contribution in [2.75, 3.05) is 32.9 Å². The second kappa shape index (κ2) is 5.95. The van der Waals surface area contributed by atoms with E-state index in [0.717, 1.165) is 19.4 Å². The first kappa shape index (κ1) is 13.9. The fraction of sp³-hybridized carbons (Fsp3) is 1.00. The Morgan fingerprint density at radius 3 is 2.62 bits per heavy atom. The second-order valence-electron chi connectivity index (χ2n) is 4.67. The van der Waals surface area contributed by atoms with Crippen LogP contribution in [0.25, 0.3) is 0 Å². The summed E-state index contributed by atoms with van der Waals surface area (Å²) in [6.07, 6.45) is 3.46. The molecule has 1 aliphatic heterocycles. The number of nitrogens with zero attached hydrogens (tertiary/aromatic N) is 1. The number of piperidine rings is 1. The summed E-state index contributed by atoms with van der Waals surface area (Å²) in [5, 5.41) is 3.39. The van der Waals surface area contributed by atoms with Gasteiger partial charge in [-0.3, -0.25) is 0 Å². The van der Waals surface area contributed by atoms with Gasteiger partial charge in [0.05, 0.1) is 6.26 Å². The Bertz CT molecular complexity index is 305. The van der Waals surface area contributed by atoms with Crippen LogP contribution in [-0.2, 0) is 10.0 Å². The highest BCUT2D eigenvalue weighted by Gasteiger charge is 2.21. The predicted molar refractivity (Wildman–Crippen MR) is 66.0 cm³/mol. The SMILES string of the molecule is CC1CC(NCCNS(C)(=O)=O)CCN1C. The molecule has 5 nitrogen and oxygen atoms in total. The van der Waals surface area contributed by atoms with Crippen molar-refractivity contribution in [3.8, 4) is 0 Å². The molecule has 0 radical (unpaired) electrons. The average Bonchev–Trinajstić information content (AvgIpc) is 2.17. The van der Waals surface area contributed by atoms with Crippen molar-refractivity contribution in [1.29, 1.82) is 0 Å². The number of hydrogen-bond donors (Lipinski definition) is 2. The van der Waals surface area contributed by atoms with Gasteiger partial charge in [0, 0.05) is 25.2 Å². The molecule has 1 saturated heterocycles. The van der Waals surface area contributed by atoms with Gasteiger partial charge in [0.15, 0.2) is 0 Å². The molecular formula is C10H23N3O2S. The van der Waals surface area contributed by atoms with Crippen LogP contribution in [0.2, 0.25) is 0 Å². The van der Waals surface area contributed by atoms with E-state index in [0.29, 0.717) is 25.2 Å². The zero-order valence-electron chi connectivity index (χ0n) is 10.4. The maximum absolute atomic E-state index is 10.8. The molecule has 6 heteroatoms. The second-order valence-corrected chi connectivity index (χ2v) is 6.50. The van der Waals surface area contributed by atoms with E-state index < -0.39 is 10.0 Å². The summed E-state index contributed by atoms with van der Waals surface area (Å²) in [5.41, 5.74) is 0. The van der Waals surface area contributed by atoms with Crippen LogP contribution in [0.15, 0.2) is 0 Å². The first-order valence-corrected chi connectivity index (χ1v) is 7.66. The Kier molecular flexibility index (Phi) is 5.17. The molecule has 0 amide bonds. The van der Waals surface area contributed by atoms with Crippen LogP contribution in [-0.4, -0.2) is 58.3 Å². The van der Waals surface area contributed by atoms with Gasteiger partial charge in [-0.25, -0.2) is 13.1 Å². The van der Waals surface area contributed by atoms with Crippen LogP contribution in [0.4, 0.5) is 0 Å². The molecule has 16 heavy (non-hydrogen) atoms. The lowest BCUT2D eigenvalue weighted by atomic mass is 9.99. The lowest BCUT2D eigenvalue weighted by Gasteiger charge is -2.35. The molecule has 96 valence electrons. The van der Waals surface area contributed by atoms with Gasteiger partial charge in [-0.15, -0.1) is 0 Å². The van der Waals surface area contributed by atoms with Crippen LogP contribution in [0, 0.1) is 0 Å². The summed E-state index contributed by atoms with van der Waals surface area (Å²) < 4.78 is 24.1. The maximum atomic E-state index is 10.8. The standard InChI is InChI=1S/C10H23N3O2S/c1-9-8-10(4-7-13(9)2)11-5-6-12-16(3,14)15/h9-12H,4-8H2,1-3H3. The van der Waals surface area contributed by atoms with Crippen molar-refractivity contribution in [3.63, 3.8) is 0 Å². The fourth-order valence-corrected chi connectivity index (χ4v) is 2.46. The number of sulfonamides is 1. The monoisotopic (exact) mass is 249 g/mol. The quantitative estimate of drug-likeness (QED) is 0.651. The highest BCUT2D eigenvalue weighted by molar-refractivity contribution is 7.88. The summed E-state index contributed by atoms with van der Waals surface area (Å²) in [6.45, 7) is 4.51. The lowest BCUT2D eigenvalue weighted by Crippen LogP contribution is -2.47. The maximum Gasteiger partial charge on any atom is 0.208 e. The zero-order chi connectivity index (χ0) is 12.2. The normalized spacial score (nSPS) is 28.2. The molecule has 1 heterocycles. The third kappa shape index (κ3) is 5.25. The van der Waals surface area contributed by atoms with E-state index >= 15 is 0 Å². The van der Waals surface area contributed by atoms with Gasteiger partial charge in [0.1, 0.15) is 0 Å². The van der Waals surface area contributed by atoms with Gasteiger partial charge in [0.2, 0.25) is 10.0 Å². The molecule has 0 bridgehead atoms. The van der Waals surface area contributed by atoms with Crippen molar-refractivity contribution in [2.24, 2.45) is 0 Å². The Balaban J connectivity index is 2.14. The average molecular weight is 249 g/mol. The summed E-state index contributed by atoms with van der Waals surface area (Å²) >= 11 is 0. The molecule has 1 rings (SSSR count). The van der Waals surface area contributed by atoms with Gasteiger partial charge in [-0.1, -0.05) is 0 Å². The number of rotatable bonds is 5. The van der Waals surface area contributed by atoms with Crippen LogP contribution in [0.1, 0.15) is 19.8 Å². The third-order valence-corrected chi connectivity index (χ3v) is 3.86. The van der Waals surface area contributed by atoms with Crippen molar-refractivity contribution in [2.45, 2.75) is 31.8 Å². The Labute approximate surface area is 98.6 Å². The third-order valence-electron chi connectivity index (χ3n) is 3.13. The van der Waals surface area contributed by atoms with E-state index in [-0.39, 0.29) is 0 Å². The molecule has 0 aromatic carbocycles. The van der Waals surface area contributed by atoms with Gasteiger partial charge >= 0.3 is 0 Å². The Morgan fingerprint density at radius 2 is 2.06 bits per heavy atom. The molecule has 0 aromatic heterocycles. The van der Waals surface area contributed by atoms with Gasteiger partial charge in [-0.05, 0) is 33.4 Å². The zero-order valence-corrected chi connectivity index (χ0v) is 11.2. The van der Waals surface area contributed by atoms with Gasteiger partial charge in [0.25, 0.3) is 0 Å². The van der Waals surface area contributed by atoms with Crippen LogP contribution in [0.3, 0.4) is 0 Å². The van der Waals surface area contributed by atoms with Gasteiger partial charge in [-0.2, -0.15) is 0 Å². The molecule has 0 spiro atoms. The van der Waals surface area contributed by atoms with Gasteiger partial charge < -0.3 is 10.2 Å². The predicted octanol–water partition coefficient (Wildman–Crippen LogP) is -0.392. The Morgan fingerprint density at radius 1 is 1.38 bits per heavy atom. The number of likely N-dealkylation sites (tertiary alicyclic amines) is 1. The Hall–Kier alpha value is -0.170. The molecule has 0 saturated carbocycles. The highest BCUT2D eigenvalue weighted by Crippen LogP contribution is 2.14. The smallest absolute Gasteiger partial charge is 0.208 e. The fourth-order valence-electron chi connectivity index (χ4n) is 1.99. The van der Waals surface area contributed by atoms with Crippen LogP contribution >= 0.6 is 0 Å². The largest absolute Gasteiger partial charge is 0.313 e. The van der Waals surface area contributed by atoms with Crippen molar-refractivity contribution >= 4 is 10.0 Å².